The average molecular weight is 342 g/mol. The molecule has 2 aromatic carbocycles. The number of phenolic OH excluding ortho intramolecular Hbond substituents is 1. The third-order valence-electron chi connectivity index (χ3n) is 3.75. The lowest BCUT2D eigenvalue weighted by Gasteiger charge is -2.18. The Morgan fingerprint density at radius 3 is 2.56 bits per heavy atom. The Kier molecular flexibility index (Phi) is 4.79. The molecule has 0 fully saturated rings. The number of phenols is 1. The lowest BCUT2D eigenvalue weighted by atomic mass is 10.1. The van der Waals surface area contributed by atoms with E-state index >= 15 is 0 Å². The molecule has 0 amide bonds. The second-order valence-electron chi connectivity index (χ2n) is 5.32. The van der Waals surface area contributed by atoms with Crippen molar-refractivity contribution in [2.75, 3.05) is 27.4 Å². The number of allylic oxidation sites excluding steroid dienone is 1. The van der Waals surface area contributed by atoms with Gasteiger partial charge in [-0.15, -0.1) is 0 Å². The number of carbonyl (C=O) groups excluding carboxylic acids is 1. The summed E-state index contributed by atoms with van der Waals surface area (Å²) in [6.07, 6.45) is 3.01. The molecule has 6 nitrogen and oxygen atoms in total. The summed E-state index contributed by atoms with van der Waals surface area (Å²) in [6.45, 7) is 1.02. The van der Waals surface area contributed by atoms with Gasteiger partial charge in [-0.2, -0.15) is 0 Å². The topological polar surface area (TPSA) is 74.2 Å². The van der Waals surface area contributed by atoms with Crippen LogP contribution in [0.1, 0.15) is 15.9 Å². The van der Waals surface area contributed by atoms with Crippen LogP contribution in [-0.2, 0) is 0 Å². The Morgan fingerprint density at radius 1 is 1.08 bits per heavy atom. The number of fused-ring (bicyclic) bond motifs is 1. The van der Waals surface area contributed by atoms with Crippen molar-refractivity contribution < 1.29 is 28.8 Å². The first-order valence-corrected chi connectivity index (χ1v) is 7.69. The normalized spacial score (nSPS) is 12.9. The quantitative estimate of drug-likeness (QED) is 0.665. The summed E-state index contributed by atoms with van der Waals surface area (Å²) < 4.78 is 21.2. The third kappa shape index (κ3) is 3.52. The molecule has 1 aliphatic rings. The molecule has 0 aromatic heterocycles. The van der Waals surface area contributed by atoms with Gasteiger partial charge in [0.05, 0.1) is 14.2 Å². The van der Waals surface area contributed by atoms with Gasteiger partial charge in [0, 0.05) is 12.1 Å². The van der Waals surface area contributed by atoms with Gasteiger partial charge in [-0.1, -0.05) is 12.1 Å². The molecule has 3 rings (SSSR count). The van der Waals surface area contributed by atoms with Gasteiger partial charge in [0.1, 0.15) is 36.0 Å². The van der Waals surface area contributed by atoms with Crippen LogP contribution in [0.25, 0.3) is 6.08 Å². The zero-order valence-electron chi connectivity index (χ0n) is 13.9. The fraction of sp³-hybridized carbons (Fsp3) is 0.211. The van der Waals surface area contributed by atoms with E-state index < -0.39 is 0 Å². The van der Waals surface area contributed by atoms with Gasteiger partial charge in [-0.05, 0) is 23.8 Å². The third-order valence-corrected chi connectivity index (χ3v) is 3.75. The van der Waals surface area contributed by atoms with Gasteiger partial charge in [0.15, 0.2) is 17.3 Å². The maximum Gasteiger partial charge on any atom is 0.193 e. The Bertz CT molecular complexity index is 825. The van der Waals surface area contributed by atoms with Gasteiger partial charge in [-0.25, -0.2) is 0 Å². The highest BCUT2D eigenvalue weighted by molar-refractivity contribution is 6.10. The largest absolute Gasteiger partial charge is 0.507 e. The summed E-state index contributed by atoms with van der Waals surface area (Å²) in [6, 6.07) is 8.33. The minimum absolute atomic E-state index is 0.0806. The molecule has 25 heavy (non-hydrogen) atoms. The van der Waals surface area contributed by atoms with Crippen LogP contribution in [0.15, 0.2) is 36.4 Å². The molecular weight excluding hydrogens is 324 g/mol. The van der Waals surface area contributed by atoms with E-state index in [1.165, 1.54) is 26.4 Å². The number of methoxy groups -OCH3 is 2. The second-order valence-corrected chi connectivity index (χ2v) is 5.32. The number of aromatic hydroxyl groups is 1. The van der Waals surface area contributed by atoms with Crippen LogP contribution in [0.3, 0.4) is 0 Å². The van der Waals surface area contributed by atoms with Crippen molar-refractivity contribution in [3.05, 3.63) is 47.5 Å². The number of rotatable bonds is 5. The Labute approximate surface area is 145 Å². The van der Waals surface area contributed by atoms with Crippen LogP contribution < -0.4 is 18.9 Å². The van der Waals surface area contributed by atoms with E-state index in [-0.39, 0.29) is 22.8 Å². The van der Waals surface area contributed by atoms with Gasteiger partial charge in [0.25, 0.3) is 0 Å². The van der Waals surface area contributed by atoms with Gasteiger partial charge in [-0.3, -0.25) is 4.79 Å². The standard InChI is InChI=1S/C19H18O6/c1-22-13-10-15(21)19(18(11-13)23-2)14(20)5-3-12-4-6-16-17(9-12)25-8-7-24-16/h3-6,9-11,21H,7-8H2,1-2H3/b5-3+. The lowest BCUT2D eigenvalue weighted by molar-refractivity contribution is 0.104. The van der Waals surface area contributed by atoms with Crippen molar-refractivity contribution >= 4 is 11.9 Å². The molecule has 0 bridgehead atoms. The van der Waals surface area contributed by atoms with Crippen molar-refractivity contribution in [3.8, 4) is 28.7 Å². The molecule has 1 N–H and O–H groups in total. The lowest BCUT2D eigenvalue weighted by Crippen LogP contribution is -2.15. The molecule has 6 heteroatoms. The summed E-state index contributed by atoms with van der Waals surface area (Å²) in [5.41, 5.74) is 0.863. The predicted molar refractivity (Wildman–Crippen MR) is 92.0 cm³/mol. The molecule has 0 atom stereocenters. The van der Waals surface area contributed by atoms with E-state index in [1.807, 2.05) is 6.07 Å². The summed E-state index contributed by atoms with van der Waals surface area (Å²) in [5, 5.41) is 10.1. The van der Waals surface area contributed by atoms with Crippen LogP contribution in [0.4, 0.5) is 0 Å². The van der Waals surface area contributed by atoms with E-state index in [0.717, 1.165) is 5.56 Å². The zero-order valence-corrected chi connectivity index (χ0v) is 13.9. The van der Waals surface area contributed by atoms with Crippen LogP contribution in [0.5, 0.6) is 28.7 Å². The first kappa shape index (κ1) is 16.7. The molecular formula is C19H18O6. The van der Waals surface area contributed by atoms with Crippen LogP contribution in [0.2, 0.25) is 0 Å². The summed E-state index contributed by atoms with van der Waals surface area (Å²) in [7, 11) is 2.90. The Morgan fingerprint density at radius 2 is 1.84 bits per heavy atom. The summed E-state index contributed by atoms with van der Waals surface area (Å²) >= 11 is 0. The molecule has 1 aliphatic heterocycles. The summed E-state index contributed by atoms with van der Waals surface area (Å²) in [5.74, 6) is 1.39. The highest BCUT2D eigenvalue weighted by Crippen LogP contribution is 2.34. The number of hydrogen-bond acceptors (Lipinski definition) is 6. The highest BCUT2D eigenvalue weighted by atomic mass is 16.6. The van der Waals surface area contributed by atoms with E-state index in [0.29, 0.717) is 30.5 Å². The Hall–Kier alpha value is -3.15. The van der Waals surface area contributed by atoms with Crippen molar-refractivity contribution in [1.82, 2.24) is 0 Å². The first-order valence-electron chi connectivity index (χ1n) is 7.69. The second kappa shape index (κ2) is 7.17. The molecule has 0 radical (unpaired) electrons. The highest BCUT2D eigenvalue weighted by Gasteiger charge is 2.17. The zero-order chi connectivity index (χ0) is 17.8. The van der Waals surface area contributed by atoms with E-state index in [1.54, 1.807) is 24.3 Å². The number of ether oxygens (including phenoxy) is 4. The minimum atomic E-state index is -0.383. The van der Waals surface area contributed by atoms with Crippen LogP contribution >= 0.6 is 0 Å². The van der Waals surface area contributed by atoms with Crippen LogP contribution in [-0.4, -0.2) is 38.3 Å². The molecule has 0 saturated carbocycles. The van der Waals surface area contributed by atoms with Crippen molar-refractivity contribution in [1.29, 1.82) is 0 Å². The minimum Gasteiger partial charge on any atom is -0.507 e. The molecule has 0 unspecified atom stereocenters. The molecule has 2 aromatic rings. The predicted octanol–water partition coefficient (Wildman–Crippen LogP) is 3.08. The Balaban J connectivity index is 1.86. The molecule has 0 spiro atoms. The van der Waals surface area contributed by atoms with E-state index in [9.17, 15) is 9.90 Å². The monoisotopic (exact) mass is 342 g/mol. The first-order chi connectivity index (χ1) is 12.1. The van der Waals surface area contributed by atoms with Crippen molar-refractivity contribution in [2.24, 2.45) is 0 Å². The number of ketones is 1. The maximum atomic E-state index is 12.5. The molecule has 0 saturated heterocycles. The van der Waals surface area contributed by atoms with Gasteiger partial charge in [0.2, 0.25) is 0 Å². The smallest absolute Gasteiger partial charge is 0.193 e. The SMILES string of the molecule is COc1cc(O)c(C(=O)/C=C/c2ccc3c(c2)OCCO3)c(OC)c1. The average Bonchev–Trinajstić information content (AvgIpc) is 2.65. The fourth-order valence-electron chi connectivity index (χ4n) is 2.52. The van der Waals surface area contributed by atoms with Crippen molar-refractivity contribution in [3.63, 3.8) is 0 Å². The van der Waals surface area contributed by atoms with E-state index in [2.05, 4.69) is 0 Å². The van der Waals surface area contributed by atoms with Crippen molar-refractivity contribution in [2.45, 2.75) is 0 Å². The van der Waals surface area contributed by atoms with E-state index in [4.69, 9.17) is 18.9 Å². The maximum absolute atomic E-state index is 12.5. The molecule has 130 valence electrons. The van der Waals surface area contributed by atoms with Gasteiger partial charge < -0.3 is 24.1 Å². The molecule has 0 aliphatic carbocycles. The number of benzene rings is 2. The summed E-state index contributed by atoms with van der Waals surface area (Å²) in [4.78, 5) is 12.5. The van der Waals surface area contributed by atoms with Gasteiger partial charge >= 0.3 is 0 Å². The number of hydrogen-bond donors (Lipinski definition) is 1. The fourth-order valence-corrected chi connectivity index (χ4v) is 2.52. The number of carbonyl (C=O) groups is 1. The van der Waals surface area contributed by atoms with Crippen LogP contribution in [0, 0.1) is 0 Å². The molecule has 1 heterocycles.